The predicted molar refractivity (Wildman–Crippen MR) is 131 cm³/mol. The minimum atomic E-state index is -4.57. The molecule has 38 heavy (non-hydrogen) atoms. The van der Waals surface area contributed by atoms with Crippen LogP contribution < -0.4 is 10.1 Å². The number of benzene rings is 2. The summed E-state index contributed by atoms with van der Waals surface area (Å²) in [6.45, 7) is 4.60. The Balaban J connectivity index is 1.82. The van der Waals surface area contributed by atoms with Crippen LogP contribution in [0.25, 0.3) is 0 Å². The smallest absolute Gasteiger partial charge is 0.417 e. The molecule has 0 aliphatic carbocycles. The van der Waals surface area contributed by atoms with Crippen LogP contribution in [0.2, 0.25) is 5.02 Å². The lowest BCUT2D eigenvalue weighted by Gasteiger charge is -2.29. The van der Waals surface area contributed by atoms with Crippen molar-refractivity contribution >= 4 is 17.5 Å². The van der Waals surface area contributed by atoms with Gasteiger partial charge in [-0.25, -0.2) is 4.98 Å². The first-order valence-corrected chi connectivity index (χ1v) is 11.9. The molecule has 0 radical (unpaired) electrons. The minimum Gasteiger partial charge on any atom is -0.462 e. The summed E-state index contributed by atoms with van der Waals surface area (Å²) in [5.74, 6) is -1.71. The third-order valence-corrected chi connectivity index (χ3v) is 6.35. The van der Waals surface area contributed by atoms with Gasteiger partial charge in [0, 0.05) is 29.7 Å². The fourth-order valence-corrected chi connectivity index (χ4v) is 3.99. The molecule has 3 aromatic rings. The fraction of sp³-hybridized carbons (Fsp3) is 0.333. The van der Waals surface area contributed by atoms with Gasteiger partial charge in [-0.05, 0) is 55.2 Å². The lowest BCUT2D eigenvalue weighted by atomic mass is 9.82. The van der Waals surface area contributed by atoms with Crippen LogP contribution in [0.4, 0.5) is 26.3 Å². The molecule has 4 nitrogen and oxygen atoms in total. The molecule has 3 rings (SSSR count). The number of hydrogen-bond acceptors (Lipinski definition) is 3. The summed E-state index contributed by atoms with van der Waals surface area (Å²) in [5.41, 5.74) is -2.16. The summed E-state index contributed by atoms with van der Waals surface area (Å²) in [4.78, 5) is 16.6. The summed E-state index contributed by atoms with van der Waals surface area (Å²) < 4.78 is 84.1. The van der Waals surface area contributed by atoms with E-state index in [4.69, 9.17) is 16.3 Å². The summed E-state index contributed by atoms with van der Waals surface area (Å²) in [5, 5.41) is 3.22. The number of carbonyl (C=O) groups excluding carboxylic acids is 1. The largest absolute Gasteiger partial charge is 0.462 e. The molecule has 0 bridgehead atoms. The highest BCUT2D eigenvalue weighted by atomic mass is 35.5. The van der Waals surface area contributed by atoms with E-state index in [9.17, 15) is 31.1 Å². The first-order chi connectivity index (χ1) is 17.6. The number of carbonyl (C=O) groups is 1. The van der Waals surface area contributed by atoms with Gasteiger partial charge in [0.05, 0.1) is 11.1 Å². The number of alkyl halides is 6. The van der Waals surface area contributed by atoms with Crippen molar-refractivity contribution in [1.29, 1.82) is 0 Å². The average molecular weight is 559 g/mol. The van der Waals surface area contributed by atoms with E-state index in [0.717, 1.165) is 29.8 Å². The van der Waals surface area contributed by atoms with Gasteiger partial charge in [0.15, 0.2) is 5.60 Å². The number of hydrogen-bond donors (Lipinski definition) is 1. The molecule has 2 aromatic carbocycles. The number of nitrogens with zero attached hydrogens (tertiary/aromatic N) is 1. The number of halogens is 7. The molecule has 204 valence electrons. The Labute approximate surface area is 221 Å². The lowest BCUT2D eigenvalue weighted by molar-refractivity contribution is -0.138. The van der Waals surface area contributed by atoms with Crippen molar-refractivity contribution in [2.45, 2.75) is 50.6 Å². The van der Waals surface area contributed by atoms with Gasteiger partial charge >= 0.3 is 12.4 Å². The fourth-order valence-electron chi connectivity index (χ4n) is 3.86. The maximum atomic E-state index is 13.4. The van der Waals surface area contributed by atoms with Crippen LogP contribution in [0.1, 0.15) is 54.9 Å². The second-order valence-corrected chi connectivity index (χ2v) is 9.71. The maximum Gasteiger partial charge on any atom is 0.417 e. The topological polar surface area (TPSA) is 51.2 Å². The van der Waals surface area contributed by atoms with Gasteiger partial charge in [-0.2, -0.15) is 26.3 Å². The van der Waals surface area contributed by atoms with Crippen LogP contribution in [0.5, 0.6) is 5.88 Å². The van der Waals surface area contributed by atoms with E-state index < -0.39 is 40.9 Å². The van der Waals surface area contributed by atoms with E-state index in [1.165, 1.54) is 19.9 Å². The van der Waals surface area contributed by atoms with Crippen LogP contribution in [0.15, 0.2) is 66.9 Å². The highest BCUT2D eigenvalue weighted by Gasteiger charge is 2.35. The van der Waals surface area contributed by atoms with E-state index in [-0.39, 0.29) is 18.3 Å². The van der Waals surface area contributed by atoms with Crippen LogP contribution in [0, 0.1) is 0 Å². The van der Waals surface area contributed by atoms with Gasteiger partial charge in [-0.1, -0.05) is 48.9 Å². The molecule has 0 spiro atoms. The maximum absolute atomic E-state index is 13.4. The molecule has 0 aliphatic rings. The first kappa shape index (κ1) is 29.3. The number of nitrogens with one attached hydrogen (secondary N) is 1. The molecule has 0 fully saturated rings. The zero-order valence-electron chi connectivity index (χ0n) is 20.6. The second kappa shape index (κ2) is 11.2. The van der Waals surface area contributed by atoms with E-state index >= 15 is 0 Å². The molecule has 1 aromatic heterocycles. The normalized spacial score (nSPS) is 14.1. The average Bonchev–Trinajstić information content (AvgIpc) is 2.83. The summed E-state index contributed by atoms with van der Waals surface area (Å²) in [6.07, 6.45) is -8.52. The zero-order valence-corrected chi connectivity index (χ0v) is 21.4. The van der Waals surface area contributed by atoms with Crippen molar-refractivity contribution in [3.63, 3.8) is 0 Å². The van der Waals surface area contributed by atoms with Crippen molar-refractivity contribution < 1.29 is 35.9 Å². The van der Waals surface area contributed by atoms with Gasteiger partial charge < -0.3 is 10.1 Å². The molecule has 1 amide bonds. The Kier molecular flexibility index (Phi) is 8.65. The SMILES string of the molecule is CC(c1ccc(Cl)cc1)C(CNC(=O)C(C)(C)Oc1ccc(C(F)(F)F)cn1)c1cccc(C(F)(F)F)c1. The molecule has 0 aliphatic heterocycles. The number of amides is 1. The van der Waals surface area contributed by atoms with Crippen molar-refractivity contribution in [3.8, 4) is 5.88 Å². The third kappa shape index (κ3) is 7.40. The number of pyridine rings is 1. The lowest BCUT2D eigenvalue weighted by Crippen LogP contribution is -2.48. The van der Waals surface area contributed by atoms with Gasteiger partial charge in [0.1, 0.15) is 0 Å². The molecular weight excluding hydrogens is 534 g/mol. The highest BCUT2D eigenvalue weighted by molar-refractivity contribution is 6.30. The van der Waals surface area contributed by atoms with Crippen LogP contribution in [-0.4, -0.2) is 23.0 Å². The second-order valence-electron chi connectivity index (χ2n) is 9.28. The molecule has 1 heterocycles. The molecule has 0 saturated carbocycles. The van der Waals surface area contributed by atoms with Gasteiger partial charge in [-0.3, -0.25) is 4.79 Å². The third-order valence-electron chi connectivity index (χ3n) is 6.09. The number of ether oxygens (including phenoxy) is 1. The van der Waals surface area contributed by atoms with Crippen molar-refractivity contribution in [3.05, 3.63) is 94.1 Å². The standard InChI is InChI=1S/C27H25ClF6N2O2/c1-16(17-7-10-21(28)11-8-17)22(18-5-4-6-19(13-18)26(29,30)31)15-36-24(37)25(2,3)38-23-12-9-20(14-35-23)27(32,33)34/h4-14,16,22H,15H2,1-3H3,(H,36,37). The van der Waals surface area contributed by atoms with E-state index in [1.807, 2.05) is 6.92 Å². The van der Waals surface area contributed by atoms with E-state index in [0.29, 0.717) is 16.8 Å². The molecule has 0 saturated heterocycles. The minimum absolute atomic E-state index is 0.0445. The van der Waals surface area contributed by atoms with Crippen LogP contribution in [0.3, 0.4) is 0 Å². The van der Waals surface area contributed by atoms with Crippen molar-refractivity contribution in [2.24, 2.45) is 0 Å². The molecular formula is C27H25ClF6N2O2. The van der Waals surface area contributed by atoms with Crippen LogP contribution >= 0.6 is 11.6 Å². The van der Waals surface area contributed by atoms with E-state index in [2.05, 4.69) is 10.3 Å². The van der Waals surface area contributed by atoms with Crippen molar-refractivity contribution in [2.75, 3.05) is 6.54 Å². The Morgan fingerprint density at radius 3 is 2.11 bits per heavy atom. The first-order valence-electron chi connectivity index (χ1n) is 11.5. The van der Waals surface area contributed by atoms with Crippen molar-refractivity contribution in [1.82, 2.24) is 10.3 Å². The van der Waals surface area contributed by atoms with Gasteiger partial charge in [0.2, 0.25) is 5.88 Å². The highest BCUT2D eigenvalue weighted by Crippen LogP contribution is 2.37. The summed E-state index contributed by atoms with van der Waals surface area (Å²) in [7, 11) is 0. The Hall–Kier alpha value is -3.27. The Bertz CT molecular complexity index is 1240. The monoisotopic (exact) mass is 558 g/mol. The molecule has 11 heteroatoms. The summed E-state index contributed by atoms with van der Waals surface area (Å²) >= 11 is 5.98. The van der Waals surface area contributed by atoms with E-state index in [1.54, 1.807) is 30.3 Å². The van der Waals surface area contributed by atoms with Gasteiger partial charge in [-0.15, -0.1) is 0 Å². The number of aromatic nitrogens is 1. The Morgan fingerprint density at radius 2 is 1.55 bits per heavy atom. The quantitative estimate of drug-likeness (QED) is 0.289. The predicted octanol–water partition coefficient (Wildman–Crippen LogP) is 7.63. The Morgan fingerprint density at radius 1 is 0.921 bits per heavy atom. The molecule has 1 N–H and O–H groups in total. The zero-order chi connectivity index (χ0) is 28.3. The molecule has 2 unspecified atom stereocenters. The summed E-state index contributed by atoms with van der Waals surface area (Å²) in [6, 6.07) is 13.6. The van der Waals surface area contributed by atoms with Crippen LogP contribution in [-0.2, 0) is 17.1 Å². The molecule has 2 atom stereocenters. The van der Waals surface area contributed by atoms with Gasteiger partial charge in [0.25, 0.3) is 5.91 Å². The number of rotatable bonds is 8.